The summed E-state index contributed by atoms with van der Waals surface area (Å²) < 4.78 is 5.54. The van der Waals surface area contributed by atoms with Gasteiger partial charge in [0.25, 0.3) is 0 Å². The van der Waals surface area contributed by atoms with Crippen molar-refractivity contribution in [2.75, 3.05) is 12.0 Å². The molecule has 0 fully saturated rings. The van der Waals surface area contributed by atoms with Crippen molar-refractivity contribution < 1.29 is 14.6 Å². The number of aromatic hydroxyl groups is 1. The van der Waals surface area contributed by atoms with Crippen molar-refractivity contribution in [2.45, 2.75) is 19.8 Å². The minimum atomic E-state index is -0.372. The fourth-order valence-electron chi connectivity index (χ4n) is 2.79. The van der Waals surface area contributed by atoms with Gasteiger partial charge in [-0.05, 0) is 36.2 Å². The van der Waals surface area contributed by atoms with Crippen LogP contribution in [-0.4, -0.2) is 17.9 Å². The summed E-state index contributed by atoms with van der Waals surface area (Å²) in [5.74, 6) is 0.890. The third-order valence-electron chi connectivity index (χ3n) is 4.08. The van der Waals surface area contributed by atoms with E-state index in [-0.39, 0.29) is 18.5 Å². The van der Waals surface area contributed by atoms with Crippen LogP contribution in [0.2, 0.25) is 0 Å². The Morgan fingerprint density at radius 2 is 1.73 bits per heavy atom. The van der Waals surface area contributed by atoms with E-state index >= 15 is 0 Å². The van der Waals surface area contributed by atoms with Crippen molar-refractivity contribution in [3.05, 3.63) is 66.2 Å². The first-order valence-electron chi connectivity index (χ1n) is 8.64. The highest BCUT2D eigenvalue weighted by Crippen LogP contribution is 2.29. The molecule has 0 radical (unpaired) electrons. The van der Waals surface area contributed by atoms with Gasteiger partial charge in [-0.25, -0.2) is 4.79 Å². The maximum atomic E-state index is 12.1. The van der Waals surface area contributed by atoms with Crippen LogP contribution in [0.1, 0.15) is 18.9 Å². The van der Waals surface area contributed by atoms with Crippen molar-refractivity contribution in [3.63, 3.8) is 0 Å². The molecule has 0 aliphatic carbocycles. The third kappa shape index (κ3) is 4.25. The second kappa shape index (κ2) is 8.25. The first-order chi connectivity index (χ1) is 12.7. The molecule has 0 aliphatic rings. The Labute approximate surface area is 152 Å². The van der Waals surface area contributed by atoms with Gasteiger partial charge in [0.15, 0.2) is 6.73 Å². The van der Waals surface area contributed by atoms with Crippen molar-refractivity contribution >= 4 is 22.5 Å². The quantitative estimate of drug-likeness (QED) is 0.567. The summed E-state index contributed by atoms with van der Waals surface area (Å²) in [5.41, 5.74) is 1.89. The summed E-state index contributed by atoms with van der Waals surface area (Å²) in [5, 5.41) is 16.8. The van der Waals surface area contributed by atoms with E-state index in [9.17, 15) is 9.90 Å². The molecule has 0 aromatic heterocycles. The Kier molecular flexibility index (Phi) is 5.59. The lowest BCUT2D eigenvalue weighted by Crippen LogP contribution is -2.32. The second-order valence-corrected chi connectivity index (χ2v) is 5.99. The summed E-state index contributed by atoms with van der Waals surface area (Å²) in [6, 6.07) is 18.1. The largest absolute Gasteiger partial charge is 0.507 e. The molecule has 26 heavy (non-hydrogen) atoms. The number of benzene rings is 3. The molecule has 0 aliphatic heterocycles. The molecular formula is C21H22N2O3. The van der Waals surface area contributed by atoms with Crippen molar-refractivity contribution in [2.24, 2.45) is 0 Å². The molecule has 5 nitrogen and oxygen atoms in total. The molecule has 0 saturated heterocycles. The van der Waals surface area contributed by atoms with E-state index in [1.807, 2.05) is 30.3 Å². The van der Waals surface area contributed by atoms with E-state index in [2.05, 4.69) is 17.6 Å². The number of phenols is 1. The van der Waals surface area contributed by atoms with Crippen LogP contribution in [0.15, 0.2) is 60.7 Å². The van der Waals surface area contributed by atoms with Gasteiger partial charge in [-0.15, -0.1) is 0 Å². The lowest BCUT2D eigenvalue weighted by atomic mass is 10.1. The highest BCUT2D eigenvalue weighted by Gasteiger charge is 2.07. The molecule has 0 heterocycles. The lowest BCUT2D eigenvalue weighted by Gasteiger charge is -2.12. The van der Waals surface area contributed by atoms with Gasteiger partial charge < -0.3 is 20.5 Å². The van der Waals surface area contributed by atoms with Gasteiger partial charge >= 0.3 is 6.03 Å². The number of rotatable bonds is 6. The Morgan fingerprint density at radius 1 is 1.00 bits per heavy atom. The summed E-state index contributed by atoms with van der Waals surface area (Å²) >= 11 is 0. The van der Waals surface area contributed by atoms with Gasteiger partial charge in [-0.3, -0.25) is 0 Å². The number of aryl methyl sites for hydroxylation is 1. The maximum Gasteiger partial charge on any atom is 0.321 e. The number of carbonyl (C=O) groups is 1. The number of urea groups is 1. The fraction of sp³-hybridized carbons (Fsp3) is 0.190. The van der Waals surface area contributed by atoms with E-state index in [4.69, 9.17) is 4.74 Å². The van der Waals surface area contributed by atoms with Crippen LogP contribution in [0.4, 0.5) is 10.5 Å². The van der Waals surface area contributed by atoms with E-state index in [1.165, 1.54) is 5.56 Å². The number of carbonyl (C=O) groups excluding carboxylic acids is 1. The highest BCUT2D eigenvalue weighted by atomic mass is 16.5. The average molecular weight is 350 g/mol. The van der Waals surface area contributed by atoms with Crippen LogP contribution in [0.25, 0.3) is 10.8 Å². The van der Waals surface area contributed by atoms with Crippen LogP contribution >= 0.6 is 0 Å². The van der Waals surface area contributed by atoms with E-state index < -0.39 is 0 Å². The van der Waals surface area contributed by atoms with Crippen LogP contribution in [0.3, 0.4) is 0 Å². The molecule has 3 rings (SSSR count). The van der Waals surface area contributed by atoms with Crippen LogP contribution in [0, 0.1) is 0 Å². The van der Waals surface area contributed by atoms with Crippen LogP contribution < -0.4 is 15.4 Å². The Morgan fingerprint density at radius 3 is 2.50 bits per heavy atom. The smallest absolute Gasteiger partial charge is 0.321 e. The summed E-state index contributed by atoms with van der Waals surface area (Å²) in [6.45, 7) is 2.21. The summed E-state index contributed by atoms with van der Waals surface area (Å²) in [6.07, 6.45) is 2.15. The molecular weight excluding hydrogens is 328 g/mol. The van der Waals surface area contributed by atoms with Gasteiger partial charge in [0.2, 0.25) is 0 Å². The number of ether oxygens (including phenoxy) is 1. The van der Waals surface area contributed by atoms with Gasteiger partial charge in [0, 0.05) is 10.8 Å². The molecule has 0 saturated carbocycles. The molecule has 3 aromatic rings. The zero-order valence-corrected chi connectivity index (χ0v) is 14.7. The first-order valence-corrected chi connectivity index (χ1v) is 8.64. The predicted molar refractivity (Wildman–Crippen MR) is 104 cm³/mol. The minimum Gasteiger partial charge on any atom is -0.507 e. The predicted octanol–water partition coefficient (Wildman–Crippen LogP) is 4.66. The van der Waals surface area contributed by atoms with E-state index in [1.54, 1.807) is 30.3 Å². The number of phenolic OH excluding ortho intramolecular Hbond substituents is 1. The van der Waals surface area contributed by atoms with E-state index in [0.717, 1.165) is 18.2 Å². The van der Waals surface area contributed by atoms with Crippen molar-refractivity contribution in [3.8, 4) is 11.5 Å². The zero-order chi connectivity index (χ0) is 18.4. The number of anilines is 1. The van der Waals surface area contributed by atoms with Gasteiger partial charge in [-0.1, -0.05) is 49.7 Å². The molecule has 134 valence electrons. The number of hydrogen-bond donors (Lipinski definition) is 3. The summed E-state index contributed by atoms with van der Waals surface area (Å²) in [4.78, 5) is 12.1. The molecule has 0 spiro atoms. The van der Waals surface area contributed by atoms with Gasteiger partial charge in [0.05, 0.1) is 5.69 Å². The number of hydrogen-bond acceptors (Lipinski definition) is 3. The SMILES string of the molecule is CCCc1ccc(OCNC(=O)Nc2cccc3c(O)cccc23)cc1. The number of nitrogens with one attached hydrogen (secondary N) is 2. The maximum absolute atomic E-state index is 12.1. The molecule has 0 atom stereocenters. The normalized spacial score (nSPS) is 10.5. The minimum absolute atomic E-state index is 0.0645. The van der Waals surface area contributed by atoms with Crippen LogP contribution in [-0.2, 0) is 6.42 Å². The number of amides is 2. The Bertz CT molecular complexity index is 891. The molecule has 3 N–H and O–H groups in total. The molecule has 0 bridgehead atoms. The van der Waals surface area contributed by atoms with E-state index in [0.29, 0.717) is 16.8 Å². The van der Waals surface area contributed by atoms with Crippen molar-refractivity contribution in [1.29, 1.82) is 0 Å². The molecule has 2 amide bonds. The van der Waals surface area contributed by atoms with Crippen molar-refractivity contribution in [1.82, 2.24) is 5.32 Å². The topological polar surface area (TPSA) is 70.6 Å². The van der Waals surface area contributed by atoms with Gasteiger partial charge in [0.1, 0.15) is 11.5 Å². The Balaban J connectivity index is 1.55. The molecule has 5 heteroatoms. The average Bonchev–Trinajstić information content (AvgIpc) is 2.64. The second-order valence-electron chi connectivity index (χ2n) is 5.99. The highest BCUT2D eigenvalue weighted by molar-refractivity contribution is 6.03. The third-order valence-corrected chi connectivity index (χ3v) is 4.08. The zero-order valence-electron chi connectivity index (χ0n) is 14.7. The summed E-state index contributed by atoms with van der Waals surface area (Å²) in [7, 11) is 0. The van der Waals surface area contributed by atoms with Gasteiger partial charge in [-0.2, -0.15) is 0 Å². The van der Waals surface area contributed by atoms with Crippen LogP contribution in [0.5, 0.6) is 11.5 Å². The lowest BCUT2D eigenvalue weighted by molar-refractivity contribution is 0.234. The number of fused-ring (bicyclic) bond motifs is 1. The fourth-order valence-corrected chi connectivity index (χ4v) is 2.79. The Hall–Kier alpha value is -3.21. The standard InChI is InChI=1S/C21H22N2O3/c1-2-5-15-10-12-16(13-11-15)26-14-22-21(25)23-19-8-3-7-18-17(19)6-4-9-20(18)24/h3-4,6-13,24H,2,5,14H2,1H3,(H2,22,23,25). The molecule has 3 aromatic carbocycles. The molecule has 0 unspecified atom stereocenters. The monoisotopic (exact) mass is 350 g/mol. The first kappa shape index (κ1) is 17.6.